The van der Waals surface area contributed by atoms with Gasteiger partial charge in [0.2, 0.25) is 0 Å². The topological polar surface area (TPSA) is 46.2 Å². The second-order valence-corrected chi connectivity index (χ2v) is 7.57. The first-order valence-electron chi connectivity index (χ1n) is 5.85. The molecule has 0 saturated heterocycles. The van der Waals surface area contributed by atoms with Crippen LogP contribution in [0.5, 0.6) is 0 Å². The van der Waals surface area contributed by atoms with Crippen LogP contribution in [0.3, 0.4) is 0 Å². The van der Waals surface area contributed by atoms with Crippen LogP contribution in [-0.2, 0) is 16.4 Å². The Morgan fingerprint density at radius 1 is 1.15 bits per heavy atom. The van der Waals surface area contributed by atoms with Crippen LogP contribution in [0, 0.1) is 0 Å². The summed E-state index contributed by atoms with van der Waals surface area (Å²) >= 11 is 9.56. The molecule has 0 unspecified atom stereocenters. The molecule has 0 heterocycles. The van der Waals surface area contributed by atoms with Gasteiger partial charge in [-0.3, -0.25) is 0 Å². The molecule has 0 saturated carbocycles. The first kappa shape index (κ1) is 15.4. The maximum absolute atomic E-state index is 11.8. The van der Waals surface area contributed by atoms with Crippen molar-refractivity contribution >= 4 is 43.1 Å². The highest BCUT2D eigenvalue weighted by Crippen LogP contribution is 2.27. The van der Waals surface area contributed by atoms with E-state index in [9.17, 15) is 8.42 Å². The maximum Gasteiger partial charge on any atom is 0.175 e. The number of nitrogens with one attached hydrogen (secondary N) is 1. The van der Waals surface area contributed by atoms with Crippen molar-refractivity contribution in [1.29, 1.82) is 0 Å². The number of para-hydroxylation sites is 1. The summed E-state index contributed by atoms with van der Waals surface area (Å²) < 4.78 is 24.5. The molecule has 0 aliphatic carbocycles. The van der Waals surface area contributed by atoms with E-state index in [-0.39, 0.29) is 4.90 Å². The molecule has 0 aliphatic rings. The van der Waals surface area contributed by atoms with E-state index in [1.165, 1.54) is 6.26 Å². The summed E-state index contributed by atoms with van der Waals surface area (Å²) in [6, 6.07) is 12.5. The molecule has 2 rings (SSSR count). The molecule has 2 aromatic rings. The Morgan fingerprint density at radius 3 is 2.50 bits per heavy atom. The van der Waals surface area contributed by atoms with Gasteiger partial charge >= 0.3 is 0 Å². The van der Waals surface area contributed by atoms with Crippen LogP contribution in [0.15, 0.2) is 51.8 Å². The zero-order chi connectivity index (χ0) is 14.8. The Hall–Kier alpha value is -1.04. The molecule has 0 radical (unpaired) electrons. The molecule has 0 fully saturated rings. The summed E-state index contributed by atoms with van der Waals surface area (Å²) in [6.07, 6.45) is 1.18. The fourth-order valence-electron chi connectivity index (χ4n) is 1.85. The molecule has 0 spiro atoms. The van der Waals surface area contributed by atoms with Gasteiger partial charge in [0, 0.05) is 33.5 Å². The third kappa shape index (κ3) is 3.53. The number of hydrogen-bond donors (Lipinski definition) is 1. The van der Waals surface area contributed by atoms with Crippen LogP contribution < -0.4 is 5.32 Å². The summed E-state index contributed by atoms with van der Waals surface area (Å²) in [5.74, 6) is 0. The minimum Gasteiger partial charge on any atom is -0.380 e. The van der Waals surface area contributed by atoms with E-state index in [1.807, 2.05) is 24.3 Å². The van der Waals surface area contributed by atoms with Crippen LogP contribution in [0.4, 0.5) is 5.69 Å². The molecular formula is C14H13BrClNO2S. The summed E-state index contributed by atoms with van der Waals surface area (Å²) in [5, 5.41) is 3.62. The quantitative estimate of drug-likeness (QED) is 0.875. The maximum atomic E-state index is 11.8. The Labute approximate surface area is 132 Å². The normalized spacial score (nSPS) is 11.3. The average molecular weight is 375 g/mol. The molecule has 2 aromatic carbocycles. The van der Waals surface area contributed by atoms with Gasteiger partial charge in [0.1, 0.15) is 0 Å². The van der Waals surface area contributed by atoms with E-state index >= 15 is 0 Å². The number of benzene rings is 2. The minimum atomic E-state index is -3.31. The Kier molecular flexibility index (Phi) is 4.73. The van der Waals surface area contributed by atoms with Gasteiger partial charge in [-0.2, -0.15) is 0 Å². The third-order valence-electron chi connectivity index (χ3n) is 2.80. The largest absolute Gasteiger partial charge is 0.380 e. The number of halogens is 2. The summed E-state index contributed by atoms with van der Waals surface area (Å²) in [7, 11) is -3.31. The van der Waals surface area contributed by atoms with Gasteiger partial charge in [0.25, 0.3) is 0 Å². The van der Waals surface area contributed by atoms with Crippen LogP contribution >= 0.6 is 27.5 Å². The lowest BCUT2D eigenvalue weighted by Gasteiger charge is -2.13. The van der Waals surface area contributed by atoms with Gasteiger partial charge in [0.05, 0.1) is 4.90 Å². The fourth-order valence-corrected chi connectivity index (χ4v) is 3.52. The molecule has 3 nitrogen and oxygen atoms in total. The van der Waals surface area contributed by atoms with E-state index in [0.29, 0.717) is 17.1 Å². The second-order valence-electron chi connectivity index (χ2n) is 4.32. The van der Waals surface area contributed by atoms with E-state index < -0.39 is 9.84 Å². The van der Waals surface area contributed by atoms with Crippen LogP contribution in [0.25, 0.3) is 0 Å². The zero-order valence-electron chi connectivity index (χ0n) is 10.7. The molecule has 0 amide bonds. The third-order valence-corrected chi connectivity index (χ3v) is 5.03. The summed E-state index contributed by atoms with van der Waals surface area (Å²) in [4.78, 5) is 0.254. The van der Waals surface area contributed by atoms with E-state index in [2.05, 4.69) is 21.2 Å². The molecule has 20 heavy (non-hydrogen) atoms. The Morgan fingerprint density at radius 2 is 1.85 bits per heavy atom. The number of anilines is 1. The predicted molar refractivity (Wildman–Crippen MR) is 86.0 cm³/mol. The van der Waals surface area contributed by atoms with Crippen molar-refractivity contribution in [1.82, 2.24) is 0 Å². The smallest absolute Gasteiger partial charge is 0.175 e. The lowest BCUT2D eigenvalue weighted by atomic mass is 10.2. The van der Waals surface area contributed by atoms with Gasteiger partial charge in [-0.05, 0) is 40.2 Å². The molecule has 106 valence electrons. The lowest BCUT2D eigenvalue weighted by Crippen LogP contribution is -2.08. The fraction of sp³-hybridized carbons (Fsp3) is 0.143. The van der Waals surface area contributed by atoms with Gasteiger partial charge in [-0.15, -0.1) is 0 Å². The molecular weight excluding hydrogens is 362 g/mol. The summed E-state index contributed by atoms with van der Waals surface area (Å²) in [6.45, 7) is 0.338. The molecule has 0 bridgehead atoms. The van der Waals surface area contributed by atoms with Gasteiger partial charge < -0.3 is 5.32 Å². The predicted octanol–water partition coefficient (Wildman–Crippen LogP) is 4.12. The number of rotatable bonds is 4. The van der Waals surface area contributed by atoms with Gasteiger partial charge in [-0.25, -0.2) is 8.42 Å². The highest BCUT2D eigenvalue weighted by atomic mass is 79.9. The van der Waals surface area contributed by atoms with Crippen molar-refractivity contribution in [3.63, 3.8) is 0 Å². The first-order chi connectivity index (χ1) is 9.39. The van der Waals surface area contributed by atoms with E-state index in [0.717, 1.165) is 10.2 Å². The summed E-state index contributed by atoms with van der Waals surface area (Å²) in [5.41, 5.74) is 1.46. The van der Waals surface area contributed by atoms with Crippen molar-refractivity contribution in [2.75, 3.05) is 11.6 Å². The monoisotopic (exact) mass is 373 g/mol. The highest BCUT2D eigenvalue weighted by Gasteiger charge is 2.15. The van der Waals surface area contributed by atoms with Crippen LogP contribution in [0.2, 0.25) is 5.02 Å². The zero-order valence-corrected chi connectivity index (χ0v) is 13.9. The average Bonchev–Trinajstić information content (AvgIpc) is 2.37. The SMILES string of the molecule is CS(=O)(=O)c1cccc(Cl)c1CNc1ccccc1Br. The minimum absolute atomic E-state index is 0.254. The van der Waals surface area contributed by atoms with Crippen LogP contribution in [0.1, 0.15) is 5.56 Å². The highest BCUT2D eigenvalue weighted by molar-refractivity contribution is 9.10. The lowest BCUT2D eigenvalue weighted by molar-refractivity contribution is 0.601. The van der Waals surface area contributed by atoms with Gasteiger partial charge in [0.15, 0.2) is 9.84 Å². The number of sulfone groups is 1. The number of hydrogen-bond acceptors (Lipinski definition) is 3. The van der Waals surface area contributed by atoms with Crippen molar-refractivity contribution < 1.29 is 8.42 Å². The Bertz CT molecular complexity index is 732. The first-order valence-corrected chi connectivity index (χ1v) is 8.91. The van der Waals surface area contributed by atoms with Gasteiger partial charge in [-0.1, -0.05) is 29.8 Å². The standard InChI is InChI=1S/C14H13BrClNO2S/c1-20(18,19)14-8-4-6-12(16)10(14)9-17-13-7-3-2-5-11(13)15/h2-8,17H,9H2,1H3. The van der Waals surface area contributed by atoms with Crippen molar-refractivity contribution in [2.24, 2.45) is 0 Å². The second kappa shape index (κ2) is 6.16. The van der Waals surface area contributed by atoms with Crippen molar-refractivity contribution in [3.8, 4) is 0 Å². The molecule has 0 aromatic heterocycles. The van der Waals surface area contributed by atoms with Crippen molar-refractivity contribution in [3.05, 3.63) is 57.5 Å². The molecule has 1 N–H and O–H groups in total. The molecule has 6 heteroatoms. The molecule has 0 aliphatic heterocycles. The Balaban J connectivity index is 2.33. The van der Waals surface area contributed by atoms with E-state index in [1.54, 1.807) is 18.2 Å². The van der Waals surface area contributed by atoms with Crippen LogP contribution in [-0.4, -0.2) is 14.7 Å². The molecule has 0 atom stereocenters. The van der Waals surface area contributed by atoms with E-state index in [4.69, 9.17) is 11.6 Å². The van der Waals surface area contributed by atoms with Crippen molar-refractivity contribution in [2.45, 2.75) is 11.4 Å².